The van der Waals surface area contributed by atoms with E-state index < -0.39 is 5.91 Å². The first-order valence-corrected chi connectivity index (χ1v) is 22.3. The fourth-order valence-corrected chi connectivity index (χ4v) is 9.10. The molecule has 4 aromatic rings. The van der Waals surface area contributed by atoms with Gasteiger partial charge in [-0.3, -0.25) is 30.0 Å². The molecule has 4 saturated heterocycles. The zero-order valence-corrected chi connectivity index (χ0v) is 36.4. The smallest absolute Gasteiger partial charge is 0.328 e. The molecular formula is C49H58N10O5. The molecule has 0 bridgehead atoms. The number of nitrogens with two attached hydrogens (primary N) is 1. The number of ether oxygens (including phenoxy) is 1. The Bertz CT molecular complexity index is 2340. The van der Waals surface area contributed by atoms with E-state index in [0.29, 0.717) is 74.4 Å². The average Bonchev–Trinajstić information content (AvgIpc) is 3.32. The average molecular weight is 867 g/mol. The Morgan fingerprint density at radius 1 is 0.781 bits per heavy atom. The molecule has 4 aliphatic rings. The van der Waals surface area contributed by atoms with E-state index in [1.54, 1.807) is 29.2 Å². The van der Waals surface area contributed by atoms with Crippen molar-refractivity contribution in [3.05, 3.63) is 126 Å². The quantitative estimate of drug-likeness (QED) is 0.0853. The predicted octanol–water partition coefficient (Wildman–Crippen LogP) is 5.03. The lowest BCUT2D eigenvalue weighted by atomic mass is 9.86. The number of urea groups is 1. The molecule has 6 N–H and O–H groups in total. The maximum atomic E-state index is 13.4. The summed E-state index contributed by atoms with van der Waals surface area (Å²) in [6.07, 6.45) is 3.33. The number of nitrogens with zero attached hydrogens (tertiary/aromatic N) is 5. The van der Waals surface area contributed by atoms with Crippen molar-refractivity contribution in [1.29, 1.82) is 5.41 Å². The Labute approximate surface area is 374 Å². The molecule has 8 rings (SSSR count). The van der Waals surface area contributed by atoms with Gasteiger partial charge in [-0.15, -0.1) is 0 Å². The van der Waals surface area contributed by atoms with Crippen LogP contribution in [0.3, 0.4) is 0 Å². The summed E-state index contributed by atoms with van der Waals surface area (Å²) in [5, 5.41) is 18.1. The summed E-state index contributed by atoms with van der Waals surface area (Å²) >= 11 is 0. The third-order valence-corrected chi connectivity index (χ3v) is 12.7. The summed E-state index contributed by atoms with van der Waals surface area (Å²) in [6.45, 7) is 7.28. The minimum absolute atomic E-state index is 0.0378. The second-order valence-electron chi connectivity index (χ2n) is 17.0. The third kappa shape index (κ3) is 10.7. The Hall–Kier alpha value is -6.87. The number of amides is 5. The highest BCUT2D eigenvalue weighted by molar-refractivity contribution is 6.26. The van der Waals surface area contributed by atoms with Crippen molar-refractivity contribution in [1.82, 2.24) is 25.8 Å². The number of hydrogen-bond acceptors (Lipinski definition) is 11. The van der Waals surface area contributed by atoms with Gasteiger partial charge in [-0.05, 0) is 105 Å². The number of piperidine rings is 1. The number of carbonyl (C=O) groups excluding carboxylic acids is 4. The van der Waals surface area contributed by atoms with Gasteiger partial charge < -0.3 is 40.7 Å². The largest absolute Gasteiger partial charge is 0.457 e. The van der Waals surface area contributed by atoms with Crippen LogP contribution in [0, 0.1) is 11.3 Å². The normalized spacial score (nSPS) is 19.1. The third-order valence-electron chi connectivity index (χ3n) is 12.7. The maximum absolute atomic E-state index is 13.4. The van der Waals surface area contributed by atoms with E-state index in [4.69, 9.17) is 15.9 Å². The van der Waals surface area contributed by atoms with Crippen LogP contribution in [-0.2, 0) is 20.9 Å². The minimum atomic E-state index is -0.674. The zero-order valence-electron chi connectivity index (χ0n) is 36.4. The number of carbonyl (C=O) groups is 4. The molecule has 4 aliphatic heterocycles. The first-order chi connectivity index (χ1) is 31.1. The summed E-state index contributed by atoms with van der Waals surface area (Å²) in [5.74, 6) is 1.40. The van der Waals surface area contributed by atoms with Gasteiger partial charge in [0.15, 0.2) is 0 Å². The van der Waals surface area contributed by atoms with Crippen LogP contribution in [0.2, 0.25) is 0 Å². The molecule has 15 nitrogen and oxygen atoms in total. The second-order valence-corrected chi connectivity index (χ2v) is 17.0. The lowest BCUT2D eigenvalue weighted by Crippen LogP contribution is -2.51. The van der Waals surface area contributed by atoms with Crippen LogP contribution in [0.15, 0.2) is 115 Å². The second kappa shape index (κ2) is 20.1. The van der Waals surface area contributed by atoms with Crippen LogP contribution >= 0.6 is 0 Å². The molecule has 0 radical (unpaired) electrons. The molecule has 0 aromatic heterocycles. The SMILES string of the molecule is CN(CCC(=O)N1CCC([C@@H]2CCN/C(=C(/C(=N)c3ccc(Oc4ccccc4)cc3)C(N)=O)N2)CC1)Cc1ccc(N2CCN(c3cccc(N4CCC(=O)NC4=O)c3)CC2)cc1. The molecule has 15 heteroatoms. The van der Waals surface area contributed by atoms with Crippen LogP contribution in [0.5, 0.6) is 11.5 Å². The Morgan fingerprint density at radius 2 is 1.45 bits per heavy atom. The molecular weight excluding hydrogens is 809 g/mol. The standard InChI is InChI=1S/C49H58N10O5/c1-55(33-34-10-14-37(15-11-34)56-28-30-57(31-29-56)38-6-5-7-39(32-38)59-27-21-43(60)54-49(59)63)24-22-44(61)58-25-19-35(20-26-58)42-18-23-52-48(53-42)45(47(51)62)46(50)36-12-16-41(17-13-36)64-40-8-3-2-4-9-40/h2-17,32,35,42,50,52-53H,18-31,33H2,1H3,(H2,51,62)(H,54,60,63)/b48-45+,50-46?/t42-/m0/s1. The number of primary amides is 1. The van der Waals surface area contributed by atoms with Crippen molar-refractivity contribution in [3.63, 3.8) is 0 Å². The van der Waals surface area contributed by atoms with Gasteiger partial charge in [0.05, 0.1) is 5.71 Å². The van der Waals surface area contributed by atoms with Crippen LogP contribution in [0.25, 0.3) is 0 Å². The van der Waals surface area contributed by atoms with Crippen molar-refractivity contribution in [2.75, 3.05) is 80.7 Å². The predicted molar refractivity (Wildman–Crippen MR) is 249 cm³/mol. The molecule has 5 amide bonds. The minimum Gasteiger partial charge on any atom is -0.457 e. The van der Waals surface area contributed by atoms with Gasteiger partial charge in [0.1, 0.15) is 22.9 Å². The summed E-state index contributed by atoms with van der Waals surface area (Å²) in [4.78, 5) is 60.7. The molecule has 334 valence electrons. The van der Waals surface area contributed by atoms with E-state index in [2.05, 4.69) is 68.0 Å². The molecule has 0 saturated carbocycles. The van der Waals surface area contributed by atoms with E-state index in [-0.39, 0.29) is 35.2 Å². The summed E-state index contributed by atoms with van der Waals surface area (Å²) < 4.78 is 5.89. The van der Waals surface area contributed by atoms with E-state index in [9.17, 15) is 19.2 Å². The number of imide groups is 1. The van der Waals surface area contributed by atoms with Crippen LogP contribution in [0.4, 0.5) is 21.9 Å². The lowest BCUT2D eigenvalue weighted by molar-refractivity contribution is -0.133. The van der Waals surface area contributed by atoms with E-state index >= 15 is 0 Å². The van der Waals surface area contributed by atoms with E-state index in [0.717, 1.165) is 63.4 Å². The van der Waals surface area contributed by atoms with Crippen LogP contribution < -0.4 is 41.1 Å². The summed E-state index contributed by atoms with van der Waals surface area (Å²) in [7, 11) is 2.06. The van der Waals surface area contributed by atoms with Crippen molar-refractivity contribution in [2.45, 2.75) is 44.7 Å². The maximum Gasteiger partial charge on any atom is 0.328 e. The molecule has 0 aliphatic carbocycles. The number of rotatable bonds is 14. The fraction of sp³-hybridized carbons (Fsp3) is 0.367. The van der Waals surface area contributed by atoms with Crippen molar-refractivity contribution in [3.8, 4) is 11.5 Å². The highest BCUT2D eigenvalue weighted by atomic mass is 16.5. The number of para-hydroxylation sites is 1. The van der Waals surface area contributed by atoms with Crippen molar-refractivity contribution < 1.29 is 23.9 Å². The van der Waals surface area contributed by atoms with Crippen LogP contribution in [-0.4, -0.2) is 111 Å². The molecule has 0 spiro atoms. The molecule has 1 atom stereocenters. The highest BCUT2D eigenvalue weighted by Crippen LogP contribution is 2.29. The number of benzene rings is 4. The number of piperazine rings is 1. The fourth-order valence-electron chi connectivity index (χ4n) is 9.10. The highest BCUT2D eigenvalue weighted by Gasteiger charge is 2.33. The first kappa shape index (κ1) is 43.8. The molecule has 0 unspecified atom stereocenters. The molecule has 4 fully saturated rings. The van der Waals surface area contributed by atoms with E-state index in [1.807, 2.05) is 53.4 Å². The van der Waals surface area contributed by atoms with Gasteiger partial charge in [0, 0.05) is 107 Å². The van der Waals surface area contributed by atoms with E-state index in [1.165, 1.54) is 11.3 Å². The number of hydrogen-bond donors (Lipinski definition) is 5. The van der Waals surface area contributed by atoms with Crippen molar-refractivity contribution >= 4 is 46.5 Å². The van der Waals surface area contributed by atoms with Gasteiger partial charge >= 0.3 is 6.03 Å². The summed E-state index contributed by atoms with van der Waals surface area (Å²) in [5.41, 5.74) is 10.8. The molecule has 4 aromatic carbocycles. The first-order valence-electron chi connectivity index (χ1n) is 22.3. The van der Waals surface area contributed by atoms with Gasteiger partial charge in [-0.2, -0.15) is 0 Å². The lowest BCUT2D eigenvalue weighted by Gasteiger charge is -2.40. The van der Waals surface area contributed by atoms with Gasteiger partial charge in [-0.25, -0.2) is 4.79 Å². The van der Waals surface area contributed by atoms with Gasteiger partial charge in [0.25, 0.3) is 5.91 Å². The van der Waals surface area contributed by atoms with Gasteiger partial charge in [0.2, 0.25) is 11.8 Å². The zero-order chi connectivity index (χ0) is 44.6. The Morgan fingerprint density at radius 3 is 2.14 bits per heavy atom. The van der Waals surface area contributed by atoms with Crippen LogP contribution in [0.1, 0.15) is 43.2 Å². The number of likely N-dealkylation sites (tertiary alicyclic amines) is 1. The summed E-state index contributed by atoms with van der Waals surface area (Å²) in [6, 6.07) is 32.9. The van der Waals surface area contributed by atoms with Gasteiger partial charge in [-0.1, -0.05) is 36.4 Å². The topological polar surface area (TPSA) is 180 Å². The molecule has 4 heterocycles. The number of anilines is 3. The molecule has 64 heavy (non-hydrogen) atoms. The Kier molecular flexibility index (Phi) is 13.7. The van der Waals surface area contributed by atoms with Crippen molar-refractivity contribution in [2.24, 2.45) is 11.7 Å². The monoisotopic (exact) mass is 866 g/mol. The Balaban J connectivity index is 0.761. The number of nitrogens with one attached hydrogen (secondary N) is 4.